The highest BCUT2D eigenvalue weighted by Gasteiger charge is 2.26. The van der Waals surface area contributed by atoms with Crippen LogP contribution in [0.3, 0.4) is 0 Å². The third-order valence-corrected chi connectivity index (χ3v) is 6.20. The first-order valence-electron chi connectivity index (χ1n) is 11.6. The first-order valence-corrected chi connectivity index (χ1v) is 11.6. The summed E-state index contributed by atoms with van der Waals surface area (Å²) in [6, 6.07) is 6.23. The molecule has 1 saturated carbocycles. The minimum Gasteiger partial charge on any atom is -0.354 e. The molecular weight excluding hydrogens is 422 g/mol. The van der Waals surface area contributed by atoms with E-state index in [1.54, 1.807) is 0 Å². The molecule has 0 aromatic carbocycles. The van der Waals surface area contributed by atoms with Crippen molar-refractivity contribution in [2.24, 2.45) is 0 Å². The molecule has 0 bridgehead atoms. The molecule has 0 unspecified atom stereocenters. The summed E-state index contributed by atoms with van der Waals surface area (Å²) in [5.74, 6) is 3.15. The third kappa shape index (κ3) is 5.07. The normalized spacial score (nSPS) is 20.2. The second kappa shape index (κ2) is 9.47. The Morgan fingerprint density at radius 2 is 2.03 bits per heavy atom. The Hall–Kier alpha value is -3.63. The van der Waals surface area contributed by atoms with Gasteiger partial charge in [0.25, 0.3) is 0 Å². The van der Waals surface area contributed by atoms with E-state index in [1.807, 2.05) is 22.8 Å². The Morgan fingerprint density at radius 1 is 1.18 bits per heavy atom. The van der Waals surface area contributed by atoms with Crippen LogP contribution in [-0.4, -0.2) is 62.8 Å². The SMILES string of the molecule is O=CN[C@@H]1CCC(=O)NC1.c1cc2c(Nc3cc(C4CC4)[nH]n3)nc(N3CCCC3)nn2c1. The van der Waals surface area contributed by atoms with Gasteiger partial charge < -0.3 is 20.9 Å². The topological polar surface area (TPSA) is 132 Å². The Kier molecular flexibility index (Phi) is 6.09. The molecule has 3 aromatic rings. The van der Waals surface area contributed by atoms with Crippen LogP contribution < -0.4 is 20.9 Å². The number of nitrogens with zero attached hydrogens (tertiary/aromatic N) is 5. The average Bonchev–Trinajstić information content (AvgIpc) is 3.23. The lowest BCUT2D eigenvalue weighted by Crippen LogP contribution is -2.45. The molecule has 5 heterocycles. The fourth-order valence-corrected chi connectivity index (χ4v) is 4.16. The largest absolute Gasteiger partial charge is 0.354 e. The van der Waals surface area contributed by atoms with Crippen molar-refractivity contribution >= 4 is 35.4 Å². The summed E-state index contributed by atoms with van der Waals surface area (Å²) in [7, 11) is 0. The van der Waals surface area contributed by atoms with Crippen molar-refractivity contribution in [1.29, 1.82) is 0 Å². The number of amides is 2. The fourth-order valence-electron chi connectivity index (χ4n) is 4.16. The molecule has 3 aliphatic rings. The number of rotatable bonds is 6. The zero-order valence-corrected chi connectivity index (χ0v) is 18.5. The van der Waals surface area contributed by atoms with Gasteiger partial charge in [0.05, 0.1) is 0 Å². The molecule has 4 N–H and O–H groups in total. The molecule has 11 nitrogen and oxygen atoms in total. The summed E-state index contributed by atoms with van der Waals surface area (Å²) in [6.45, 7) is 2.62. The van der Waals surface area contributed by atoms with Crippen LogP contribution in [0.25, 0.3) is 5.52 Å². The number of piperidine rings is 1. The van der Waals surface area contributed by atoms with Crippen LogP contribution in [0.5, 0.6) is 0 Å². The molecule has 3 aromatic heterocycles. The van der Waals surface area contributed by atoms with Crippen LogP contribution in [0, 0.1) is 0 Å². The van der Waals surface area contributed by atoms with Gasteiger partial charge in [-0.2, -0.15) is 10.1 Å². The van der Waals surface area contributed by atoms with E-state index in [9.17, 15) is 9.59 Å². The number of anilines is 3. The van der Waals surface area contributed by atoms with Gasteiger partial charge in [-0.25, -0.2) is 4.52 Å². The monoisotopic (exact) mass is 451 g/mol. The number of hydrogen-bond donors (Lipinski definition) is 4. The van der Waals surface area contributed by atoms with Gasteiger partial charge in [-0.3, -0.25) is 14.7 Å². The lowest BCUT2D eigenvalue weighted by Gasteiger charge is -2.21. The first kappa shape index (κ1) is 21.2. The van der Waals surface area contributed by atoms with Gasteiger partial charge in [0.1, 0.15) is 5.52 Å². The van der Waals surface area contributed by atoms with E-state index in [2.05, 4.69) is 42.2 Å². The molecular formula is C22H29N9O2. The lowest BCUT2D eigenvalue weighted by atomic mass is 10.1. The number of fused-ring (bicyclic) bond motifs is 1. The first-order chi connectivity index (χ1) is 16.2. The van der Waals surface area contributed by atoms with Crippen LogP contribution in [0.4, 0.5) is 17.6 Å². The summed E-state index contributed by atoms with van der Waals surface area (Å²) in [6.07, 6.45) is 8.84. The summed E-state index contributed by atoms with van der Waals surface area (Å²) < 4.78 is 1.89. The summed E-state index contributed by atoms with van der Waals surface area (Å²) in [5.41, 5.74) is 2.18. The quantitative estimate of drug-likeness (QED) is 0.419. The highest BCUT2D eigenvalue weighted by atomic mass is 16.1. The van der Waals surface area contributed by atoms with E-state index in [4.69, 9.17) is 4.98 Å². The molecule has 0 spiro atoms. The van der Waals surface area contributed by atoms with Crippen molar-refractivity contribution in [3.05, 3.63) is 30.1 Å². The van der Waals surface area contributed by atoms with E-state index in [0.717, 1.165) is 42.6 Å². The van der Waals surface area contributed by atoms with E-state index >= 15 is 0 Å². The molecule has 2 aliphatic heterocycles. The molecule has 6 rings (SSSR count). The van der Waals surface area contributed by atoms with E-state index in [1.165, 1.54) is 31.4 Å². The Morgan fingerprint density at radius 3 is 2.76 bits per heavy atom. The Labute approximate surface area is 191 Å². The maximum Gasteiger partial charge on any atom is 0.245 e. The third-order valence-electron chi connectivity index (χ3n) is 6.20. The van der Waals surface area contributed by atoms with Crippen molar-refractivity contribution in [1.82, 2.24) is 35.4 Å². The van der Waals surface area contributed by atoms with Gasteiger partial charge in [-0.15, -0.1) is 5.10 Å². The van der Waals surface area contributed by atoms with Gasteiger partial charge in [0, 0.05) is 56.0 Å². The second-order valence-corrected chi connectivity index (χ2v) is 8.72. The predicted octanol–water partition coefficient (Wildman–Crippen LogP) is 1.68. The molecule has 3 fully saturated rings. The summed E-state index contributed by atoms with van der Waals surface area (Å²) in [5, 5.41) is 20.7. The Bertz CT molecular complexity index is 1100. The number of aromatic nitrogens is 5. The summed E-state index contributed by atoms with van der Waals surface area (Å²) >= 11 is 0. The second-order valence-electron chi connectivity index (χ2n) is 8.72. The number of carbonyl (C=O) groups is 2. The Balaban J connectivity index is 0.000000193. The molecule has 1 aliphatic carbocycles. The van der Waals surface area contributed by atoms with Crippen molar-refractivity contribution in [2.75, 3.05) is 29.9 Å². The maximum atomic E-state index is 10.6. The van der Waals surface area contributed by atoms with Gasteiger partial charge in [0.2, 0.25) is 18.3 Å². The number of aromatic amines is 1. The van der Waals surface area contributed by atoms with Crippen molar-refractivity contribution in [2.45, 2.75) is 50.5 Å². The van der Waals surface area contributed by atoms with E-state index in [-0.39, 0.29) is 11.9 Å². The smallest absolute Gasteiger partial charge is 0.245 e. The molecule has 1 atom stereocenters. The zero-order chi connectivity index (χ0) is 22.6. The molecule has 11 heteroatoms. The van der Waals surface area contributed by atoms with Crippen molar-refractivity contribution in [3.63, 3.8) is 0 Å². The van der Waals surface area contributed by atoms with Crippen LogP contribution >= 0.6 is 0 Å². The standard InChI is InChI=1S/C16H19N7.C6H10N2O2/c1-2-8-22(7-1)16-18-15(13-4-3-9-23(13)21-16)17-14-10-12(19-20-14)11-5-6-11;9-4-8-5-1-2-6(10)7-3-5/h3-4,9-11H,1-2,5-8H2,(H2,17,18,19,20,21);4-5H,1-3H2,(H,7,10)(H,8,9)/t;5-/m.1/s1. The van der Waals surface area contributed by atoms with E-state index < -0.39 is 0 Å². The number of nitrogens with one attached hydrogen (secondary N) is 4. The predicted molar refractivity (Wildman–Crippen MR) is 124 cm³/mol. The number of H-pyrrole nitrogens is 1. The molecule has 0 radical (unpaired) electrons. The fraction of sp³-hybridized carbons (Fsp3) is 0.500. The molecule has 2 saturated heterocycles. The average molecular weight is 452 g/mol. The van der Waals surface area contributed by atoms with Gasteiger partial charge >= 0.3 is 0 Å². The zero-order valence-electron chi connectivity index (χ0n) is 18.5. The number of hydrogen-bond acceptors (Lipinski definition) is 7. The van der Waals surface area contributed by atoms with Crippen molar-refractivity contribution < 1.29 is 9.59 Å². The van der Waals surface area contributed by atoms with Gasteiger partial charge in [0.15, 0.2) is 11.6 Å². The lowest BCUT2D eigenvalue weighted by molar-refractivity contribution is -0.123. The molecule has 174 valence electrons. The van der Waals surface area contributed by atoms with Crippen LogP contribution in [0.1, 0.15) is 50.1 Å². The highest BCUT2D eigenvalue weighted by molar-refractivity contribution is 5.77. The van der Waals surface area contributed by atoms with Crippen LogP contribution in [-0.2, 0) is 9.59 Å². The van der Waals surface area contributed by atoms with Crippen LogP contribution in [0.2, 0.25) is 0 Å². The number of carbonyl (C=O) groups excluding carboxylic acids is 2. The van der Waals surface area contributed by atoms with E-state index in [0.29, 0.717) is 25.3 Å². The minimum atomic E-state index is 0.0731. The van der Waals surface area contributed by atoms with Crippen molar-refractivity contribution in [3.8, 4) is 0 Å². The maximum absolute atomic E-state index is 10.6. The minimum absolute atomic E-state index is 0.0731. The van der Waals surface area contributed by atoms with Gasteiger partial charge in [-0.05, 0) is 44.2 Å². The van der Waals surface area contributed by atoms with Crippen LogP contribution in [0.15, 0.2) is 24.4 Å². The van der Waals surface area contributed by atoms with Gasteiger partial charge in [-0.1, -0.05) is 0 Å². The summed E-state index contributed by atoms with van der Waals surface area (Å²) in [4.78, 5) is 27.5. The molecule has 2 amide bonds. The highest BCUT2D eigenvalue weighted by Crippen LogP contribution is 2.39. The molecule has 33 heavy (non-hydrogen) atoms.